The normalized spacial score (nSPS) is 15.3. The molecule has 0 aromatic carbocycles. The predicted molar refractivity (Wildman–Crippen MR) is 170 cm³/mol. The van der Waals surface area contributed by atoms with E-state index in [9.17, 15) is 29.7 Å². The van der Waals surface area contributed by atoms with Crippen LogP contribution < -0.4 is 5.11 Å². The van der Waals surface area contributed by atoms with E-state index in [1.165, 1.54) is 103 Å². The molecule has 3 atom stereocenters. The van der Waals surface area contributed by atoms with Gasteiger partial charge >= 0.3 is 11.9 Å². The van der Waals surface area contributed by atoms with Gasteiger partial charge in [0, 0.05) is 19.3 Å². The Balaban J connectivity index is 4.43. The molecule has 0 bridgehead atoms. The third-order valence-corrected chi connectivity index (χ3v) is 9.06. The Morgan fingerprint density at radius 2 is 0.881 bits per heavy atom. The van der Waals surface area contributed by atoms with Crippen molar-refractivity contribution in [1.29, 1.82) is 0 Å². The minimum absolute atomic E-state index is 0.0428. The van der Waals surface area contributed by atoms with Crippen LogP contribution in [-0.2, 0) is 14.4 Å². The van der Waals surface area contributed by atoms with Crippen molar-refractivity contribution in [3.8, 4) is 0 Å². The Hall–Kier alpha value is -1.89. The second-order valence-corrected chi connectivity index (χ2v) is 12.2. The summed E-state index contributed by atoms with van der Waals surface area (Å²) in [5.41, 5.74) is 0. The van der Waals surface area contributed by atoms with Gasteiger partial charge in [0.1, 0.15) is 6.04 Å². The number of hydrogen-bond acceptors (Lipinski definition) is 4. The van der Waals surface area contributed by atoms with Gasteiger partial charge in [0.25, 0.3) is 0 Å². The van der Waals surface area contributed by atoms with Gasteiger partial charge in [0.05, 0.1) is 12.5 Å². The molecular formula is C35H65NO6. The summed E-state index contributed by atoms with van der Waals surface area (Å²) in [6.45, 7) is 7.30. The maximum Gasteiger partial charge on any atom is 0.362 e. The average molecular weight is 596 g/mol. The Bertz CT molecular complexity index is 682. The Morgan fingerprint density at radius 1 is 0.548 bits per heavy atom. The number of nitrogens with zero attached hydrogens (tertiary/aromatic N) is 1. The minimum atomic E-state index is -1.39. The third-order valence-electron chi connectivity index (χ3n) is 9.06. The minimum Gasteiger partial charge on any atom is -0.544 e. The number of carbonyl (C=O) groups is 3. The smallest absolute Gasteiger partial charge is 0.362 e. The molecule has 0 radical (unpaired) electrons. The maximum atomic E-state index is 12.2. The molecule has 0 saturated carbocycles. The van der Waals surface area contributed by atoms with Crippen molar-refractivity contribution in [1.82, 2.24) is 0 Å². The molecule has 0 aromatic heterocycles. The second kappa shape index (κ2) is 25.6. The van der Waals surface area contributed by atoms with E-state index in [4.69, 9.17) is 0 Å². The molecule has 0 spiro atoms. The first-order valence-corrected chi connectivity index (χ1v) is 17.4. The average Bonchev–Trinajstić information content (AvgIpc) is 2.94. The highest BCUT2D eigenvalue weighted by Gasteiger charge is 2.53. The van der Waals surface area contributed by atoms with Crippen LogP contribution in [0.15, 0.2) is 12.2 Å². The topological polar surface area (TPSA) is 115 Å². The number of allylic oxidation sites excluding steroid dienone is 1. The van der Waals surface area contributed by atoms with Gasteiger partial charge < -0.3 is 20.1 Å². The van der Waals surface area contributed by atoms with Crippen LogP contribution >= 0.6 is 0 Å². The van der Waals surface area contributed by atoms with Gasteiger partial charge in [0.2, 0.25) is 0 Å². The summed E-state index contributed by atoms with van der Waals surface area (Å²) in [7, 11) is 0. The Labute approximate surface area is 257 Å². The van der Waals surface area contributed by atoms with E-state index in [2.05, 4.69) is 6.92 Å². The molecule has 0 aliphatic rings. The van der Waals surface area contributed by atoms with Gasteiger partial charge in [-0.1, -0.05) is 143 Å². The van der Waals surface area contributed by atoms with Gasteiger partial charge in [-0.3, -0.25) is 4.48 Å². The van der Waals surface area contributed by atoms with Crippen molar-refractivity contribution >= 4 is 17.9 Å². The fraction of sp³-hybridized carbons (Fsp3) is 0.857. The highest BCUT2D eigenvalue weighted by molar-refractivity contribution is 5.77. The molecular weight excluding hydrogens is 530 g/mol. The lowest BCUT2D eigenvalue weighted by Crippen LogP contribution is -2.73. The van der Waals surface area contributed by atoms with E-state index < -0.39 is 40.5 Å². The standard InChI is InChI=1S/C35H65NO6/c1-5-9-10-11-12-13-14-15-16-17-18-19-20-21-22-23-24-25-26-27-28-29-36(30(6-2)33(37)38,31(7-3)34(39)40)32(8-4)35(41)42/h27-28,30-32H,5-26,29H2,1-4H3,(H2-,37,38,39,40,41,42)/b28-27+. The third kappa shape index (κ3) is 15.5. The Morgan fingerprint density at radius 3 is 1.17 bits per heavy atom. The molecule has 42 heavy (non-hydrogen) atoms. The number of carbonyl (C=O) groups excluding carboxylic acids is 1. The lowest BCUT2D eigenvalue weighted by molar-refractivity contribution is -0.969. The number of unbranched alkanes of at least 4 members (excludes halogenated alkanes) is 18. The molecule has 0 aliphatic heterocycles. The summed E-state index contributed by atoms with van der Waals surface area (Å²) < 4.78 is -0.549. The van der Waals surface area contributed by atoms with Crippen molar-refractivity contribution in [2.75, 3.05) is 6.54 Å². The van der Waals surface area contributed by atoms with E-state index in [0.717, 1.165) is 19.3 Å². The number of aliphatic carboxylic acids is 3. The van der Waals surface area contributed by atoms with Crippen LogP contribution in [-0.4, -0.2) is 57.3 Å². The van der Waals surface area contributed by atoms with Crippen LogP contribution in [0.25, 0.3) is 0 Å². The molecule has 0 saturated heterocycles. The summed E-state index contributed by atoms with van der Waals surface area (Å²) in [4.78, 5) is 36.6. The molecule has 0 rings (SSSR count). The second-order valence-electron chi connectivity index (χ2n) is 12.2. The summed E-state index contributed by atoms with van der Waals surface area (Å²) in [6.07, 6.45) is 28.8. The lowest BCUT2D eigenvalue weighted by atomic mass is 9.94. The first-order chi connectivity index (χ1) is 20.2. The van der Waals surface area contributed by atoms with Crippen LogP contribution in [0.5, 0.6) is 0 Å². The quantitative estimate of drug-likeness (QED) is 0.0493. The van der Waals surface area contributed by atoms with Gasteiger partial charge in [-0.15, -0.1) is 0 Å². The molecule has 0 fully saturated rings. The number of rotatable bonds is 30. The van der Waals surface area contributed by atoms with Crippen molar-refractivity contribution in [2.24, 2.45) is 0 Å². The molecule has 7 heteroatoms. The number of carboxylic acid groups (broad SMARTS) is 3. The Kier molecular flexibility index (Phi) is 24.4. The molecule has 0 aromatic rings. The largest absolute Gasteiger partial charge is 0.544 e. The zero-order chi connectivity index (χ0) is 31.6. The van der Waals surface area contributed by atoms with Crippen LogP contribution in [0.2, 0.25) is 0 Å². The number of quaternary nitrogens is 1. The van der Waals surface area contributed by atoms with Crippen LogP contribution in [0.1, 0.15) is 169 Å². The SMILES string of the molecule is CCCCCCCCCCCCCCCCCCCC/C=C/C[N+](C(CC)C(=O)[O-])(C(CC)C(=O)O)C(CC)C(=O)O. The van der Waals surface area contributed by atoms with Crippen LogP contribution in [0, 0.1) is 0 Å². The van der Waals surface area contributed by atoms with E-state index in [1.54, 1.807) is 26.8 Å². The first kappa shape index (κ1) is 40.1. The van der Waals surface area contributed by atoms with Crippen molar-refractivity contribution in [2.45, 2.75) is 187 Å². The molecule has 0 aliphatic carbocycles. The fourth-order valence-corrected chi connectivity index (χ4v) is 6.72. The molecule has 0 amide bonds. The molecule has 0 heterocycles. The summed E-state index contributed by atoms with van der Waals surface area (Å²) >= 11 is 0. The van der Waals surface area contributed by atoms with Gasteiger partial charge in [-0.2, -0.15) is 0 Å². The predicted octanol–water partition coefficient (Wildman–Crippen LogP) is 8.05. The highest BCUT2D eigenvalue weighted by Crippen LogP contribution is 2.31. The van der Waals surface area contributed by atoms with E-state index in [1.807, 2.05) is 6.08 Å². The van der Waals surface area contributed by atoms with Crippen LogP contribution in [0.3, 0.4) is 0 Å². The summed E-state index contributed by atoms with van der Waals surface area (Å²) in [6, 6.07) is -3.52. The van der Waals surface area contributed by atoms with Gasteiger partial charge in [-0.05, 0) is 18.9 Å². The first-order valence-electron chi connectivity index (χ1n) is 17.4. The molecule has 7 nitrogen and oxygen atoms in total. The molecule has 246 valence electrons. The van der Waals surface area contributed by atoms with E-state index >= 15 is 0 Å². The number of hydrogen-bond donors (Lipinski definition) is 2. The zero-order valence-corrected chi connectivity index (χ0v) is 27.6. The van der Waals surface area contributed by atoms with Crippen LogP contribution in [0.4, 0.5) is 0 Å². The van der Waals surface area contributed by atoms with Gasteiger partial charge in [-0.25, -0.2) is 9.59 Å². The lowest BCUT2D eigenvalue weighted by Gasteiger charge is -2.51. The zero-order valence-electron chi connectivity index (χ0n) is 27.6. The summed E-state index contributed by atoms with van der Waals surface area (Å²) in [5.74, 6) is -3.74. The highest BCUT2D eigenvalue weighted by atomic mass is 16.4. The summed E-state index contributed by atoms with van der Waals surface area (Å²) in [5, 5.41) is 32.1. The molecule has 2 N–H and O–H groups in total. The number of carboxylic acids is 3. The van der Waals surface area contributed by atoms with E-state index in [-0.39, 0.29) is 25.8 Å². The van der Waals surface area contributed by atoms with Crippen molar-refractivity contribution in [3.63, 3.8) is 0 Å². The molecule has 3 unspecified atom stereocenters. The van der Waals surface area contributed by atoms with E-state index in [0.29, 0.717) is 0 Å². The maximum absolute atomic E-state index is 12.2. The van der Waals surface area contributed by atoms with Crippen molar-refractivity contribution in [3.05, 3.63) is 12.2 Å². The monoisotopic (exact) mass is 595 g/mol. The van der Waals surface area contributed by atoms with Gasteiger partial charge in [0.15, 0.2) is 12.1 Å². The fourth-order valence-electron chi connectivity index (χ4n) is 6.72. The van der Waals surface area contributed by atoms with Crippen molar-refractivity contribution < 1.29 is 34.2 Å².